The first-order valence-electron chi connectivity index (χ1n) is 6.76. The lowest BCUT2D eigenvalue weighted by atomic mass is 9.87. The number of hydrogen-bond acceptors (Lipinski definition) is 4. The predicted molar refractivity (Wildman–Crippen MR) is 78.8 cm³/mol. The molecule has 0 aliphatic carbocycles. The molecule has 2 aromatic rings. The van der Waals surface area contributed by atoms with E-state index in [1.807, 2.05) is 24.3 Å². The second-order valence-electron chi connectivity index (χ2n) is 5.90. The maximum absolute atomic E-state index is 10.8. The Hall–Kier alpha value is -2.37. The van der Waals surface area contributed by atoms with Crippen molar-refractivity contribution in [3.8, 4) is 5.75 Å². The molecule has 0 spiro atoms. The van der Waals surface area contributed by atoms with E-state index in [0.29, 0.717) is 11.6 Å². The van der Waals surface area contributed by atoms with E-state index in [2.05, 4.69) is 36.0 Å². The van der Waals surface area contributed by atoms with Crippen LogP contribution in [0.1, 0.15) is 38.0 Å². The van der Waals surface area contributed by atoms with Crippen LogP contribution in [0.15, 0.2) is 24.3 Å². The fraction of sp³-hybridized carbons (Fsp3) is 0.400. The minimum absolute atomic E-state index is 0.0246. The van der Waals surface area contributed by atoms with E-state index in [1.54, 1.807) is 0 Å². The Morgan fingerprint density at radius 3 is 2.52 bits per heavy atom. The highest BCUT2D eigenvalue weighted by molar-refractivity contribution is 5.75. The normalized spacial score (nSPS) is 11.4. The van der Waals surface area contributed by atoms with Crippen LogP contribution in [0.3, 0.4) is 0 Å². The minimum atomic E-state index is -0.459. The zero-order chi connectivity index (χ0) is 15.5. The second-order valence-corrected chi connectivity index (χ2v) is 5.90. The molecule has 1 heterocycles. The first-order valence-corrected chi connectivity index (χ1v) is 6.76. The van der Waals surface area contributed by atoms with Crippen LogP contribution in [0.25, 0.3) is 0 Å². The van der Waals surface area contributed by atoms with Crippen molar-refractivity contribution < 1.29 is 9.53 Å². The van der Waals surface area contributed by atoms with Crippen LogP contribution in [0, 0.1) is 0 Å². The Kier molecular flexibility index (Phi) is 4.26. The summed E-state index contributed by atoms with van der Waals surface area (Å²) in [6.07, 6.45) is 0.0246. The SMILES string of the molecule is CC(C)(C)c1ccc(OCc2nc(CC(N)=O)n[nH]2)cc1. The number of nitrogens with one attached hydrogen (secondary N) is 1. The Balaban J connectivity index is 1.94. The first kappa shape index (κ1) is 15.0. The zero-order valence-corrected chi connectivity index (χ0v) is 12.5. The Morgan fingerprint density at radius 2 is 1.95 bits per heavy atom. The number of carbonyl (C=O) groups is 1. The summed E-state index contributed by atoms with van der Waals surface area (Å²) in [5.41, 5.74) is 6.45. The van der Waals surface area contributed by atoms with Crippen molar-refractivity contribution in [1.29, 1.82) is 0 Å². The van der Waals surface area contributed by atoms with Crippen LogP contribution in [0.2, 0.25) is 0 Å². The van der Waals surface area contributed by atoms with Gasteiger partial charge in [0.1, 0.15) is 12.4 Å². The van der Waals surface area contributed by atoms with Gasteiger partial charge in [0.15, 0.2) is 11.6 Å². The number of ether oxygens (including phenoxy) is 1. The number of H-pyrrole nitrogens is 1. The zero-order valence-electron chi connectivity index (χ0n) is 12.5. The molecule has 0 aliphatic heterocycles. The molecule has 1 aromatic carbocycles. The Labute approximate surface area is 123 Å². The van der Waals surface area contributed by atoms with Gasteiger partial charge in [0, 0.05) is 0 Å². The van der Waals surface area contributed by atoms with Gasteiger partial charge < -0.3 is 10.5 Å². The molecule has 0 unspecified atom stereocenters. The number of nitrogens with zero attached hydrogens (tertiary/aromatic N) is 2. The molecule has 0 radical (unpaired) electrons. The van der Waals surface area contributed by atoms with Gasteiger partial charge in [-0.2, -0.15) is 5.10 Å². The lowest BCUT2D eigenvalue weighted by molar-refractivity contribution is -0.117. The number of nitrogens with two attached hydrogens (primary N) is 1. The lowest BCUT2D eigenvalue weighted by Crippen LogP contribution is -2.14. The van der Waals surface area contributed by atoms with E-state index in [9.17, 15) is 4.79 Å². The summed E-state index contributed by atoms with van der Waals surface area (Å²) in [5, 5.41) is 6.62. The number of benzene rings is 1. The van der Waals surface area contributed by atoms with Gasteiger partial charge in [-0.25, -0.2) is 4.98 Å². The van der Waals surface area contributed by atoms with Crippen molar-refractivity contribution in [2.24, 2.45) is 5.73 Å². The summed E-state index contributed by atoms with van der Waals surface area (Å²) in [5.74, 6) is 1.24. The maximum Gasteiger partial charge on any atom is 0.225 e. The van der Waals surface area contributed by atoms with E-state index < -0.39 is 5.91 Å². The monoisotopic (exact) mass is 288 g/mol. The first-order chi connectivity index (χ1) is 9.84. The van der Waals surface area contributed by atoms with Gasteiger partial charge in [-0.1, -0.05) is 32.9 Å². The van der Waals surface area contributed by atoms with Crippen LogP contribution in [-0.4, -0.2) is 21.1 Å². The number of amides is 1. The number of rotatable bonds is 5. The van der Waals surface area contributed by atoms with Crippen molar-refractivity contribution in [3.63, 3.8) is 0 Å². The molecule has 0 saturated heterocycles. The predicted octanol–water partition coefficient (Wildman–Crippen LogP) is 1.71. The molecule has 1 aromatic heterocycles. The molecule has 0 atom stereocenters. The molecule has 6 heteroatoms. The average molecular weight is 288 g/mol. The van der Waals surface area contributed by atoms with Crippen molar-refractivity contribution in [2.45, 2.75) is 39.2 Å². The van der Waals surface area contributed by atoms with E-state index in [4.69, 9.17) is 10.5 Å². The molecular weight excluding hydrogens is 268 g/mol. The van der Waals surface area contributed by atoms with Crippen molar-refractivity contribution >= 4 is 5.91 Å². The average Bonchev–Trinajstić information content (AvgIpc) is 2.82. The van der Waals surface area contributed by atoms with Crippen LogP contribution < -0.4 is 10.5 Å². The van der Waals surface area contributed by atoms with Gasteiger partial charge in [-0.3, -0.25) is 9.89 Å². The maximum atomic E-state index is 10.8. The molecule has 21 heavy (non-hydrogen) atoms. The lowest BCUT2D eigenvalue weighted by Gasteiger charge is -2.19. The summed E-state index contributed by atoms with van der Waals surface area (Å²) >= 11 is 0. The summed E-state index contributed by atoms with van der Waals surface area (Å²) in [6, 6.07) is 7.96. The van der Waals surface area contributed by atoms with Gasteiger partial charge in [0.25, 0.3) is 0 Å². The molecule has 0 aliphatic rings. The smallest absolute Gasteiger partial charge is 0.225 e. The Morgan fingerprint density at radius 1 is 1.29 bits per heavy atom. The van der Waals surface area contributed by atoms with Gasteiger partial charge in [0.05, 0.1) is 6.42 Å². The van der Waals surface area contributed by atoms with Crippen molar-refractivity contribution in [3.05, 3.63) is 41.5 Å². The molecule has 1 amide bonds. The quantitative estimate of drug-likeness (QED) is 0.875. The van der Waals surface area contributed by atoms with Gasteiger partial charge in [-0.05, 0) is 23.1 Å². The standard InChI is InChI=1S/C15H20N4O2/c1-15(2,3)10-4-6-11(7-5-10)21-9-14-17-13(18-19-14)8-12(16)20/h4-7H,8-9H2,1-3H3,(H2,16,20)(H,17,18,19). The van der Waals surface area contributed by atoms with Gasteiger partial charge in [-0.15, -0.1) is 0 Å². The summed E-state index contributed by atoms with van der Waals surface area (Å²) in [7, 11) is 0. The minimum Gasteiger partial charge on any atom is -0.486 e. The van der Waals surface area contributed by atoms with E-state index in [0.717, 1.165) is 5.75 Å². The molecule has 0 saturated carbocycles. The highest BCUT2D eigenvalue weighted by Gasteiger charge is 2.13. The van der Waals surface area contributed by atoms with Crippen LogP contribution >= 0.6 is 0 Å². The molecule has 2 rings (SSSR count). The second kappa shape index (κ2) is 5.95. The third kappa shape index (κ3) is 4.30. The number of carbonyl (C=O) groups excluding carboxylic acids is 1. The summed E-state index contributed by atoms with van der Waals surface area (Å²) in [6.45, 7) is 6.76. The third-order valence-electron chi connectivity index (χ3n) is 3.01. The van der Waals surface area contributed by atoms with Gasteiger partial charge in [0.2, 0.25) is 5.91 Å². The number of aromatic nitrogens is 3. The molecular formula is C15H20N4O2. The highest BCUT2D eigenvalue weighted by Crippen LogP contribution is 2.24. The number of primary amides is 1. The highest BCUT2D eigenvalue weighted by atomic mass is 16.5. The molecule has 6 nitrogen and oxygen atoms in total. The van der Waals surface area contributed by atoms with Crippen molar-refractivity contribution in [2.75, 3.05) is 0 Å². The van der Waals surface area contributed by atoms with E-state index in [-0.39, 0.29) is 18.4 Å². The molecule has 3 N–H and O–H groups in total. The van der Waals surface area contributed by atoms with E-state index >= 15 is 0 Å². The fourth-order valence-corrected chi connectivity index (χ4v) is 1.84. The van der Waals surface area contributed by atoms with Crippen LogP contribution in [-0.2, 0) is 23.2 Å². The molecule has 112 valence electrons. The molecule has 0 bridgehead atoms. The Bertz CT molecular complexity index is 611. The number of hydrogen-bond donors (Lipinski definition) is 2. The fourth-order valence-electron chi connectivity index (χ4n) is 1.84. The van der Waals surface area contributed by atoms with Crippen LogP contribution in [0.4, 0.5) is 0 Å². The number of aromatic amines is 1. The van der Waals surface area contributed by atoms with Crippen molar-refractivity contribution in [1.82, 2.24) is 15.2 Å². The van der Waals surface area contributed by atoms with Crippen LogP contribution in [0.5, 0.6) is 5.75 Å². The summed E-state index contributed by atoms with van der Waals surface area (Å²) < 4.78 is 5.63. The topological polar surface area (TPSA) is 93.9 Å². The summed E-state index contributed by atoms with van der Waals surface area (Å²) in [4.78, 5) is 14.9. The van der Waals surface area contributed by atoms with E-state index in [1.165, 1.54) is 5.56 Å². The largest absolute Gasteiger partial charge is 0.486 e. The third-order valence-corrected chi connectivity index (χ3v) is 3.01. The molecule has 0 fully saturated rings. The van der Waals surface area contributed by atoms with Gasteiger partial charge >= 0.3 is 0 Å².